The molecule has 31 heavy (non-hydrogen) atoms. The van der Waals surface area contributed by atoms with Crippen LogP contribution in [0.1, 0.15) is 18.7 Å². The summed E-state index contributed by atoms with van der Waals surface area (Å²) < 4.78 is 14.0. The molecule has 1 aromatic heterocycles. The van der Waals surface area contributed by atoms with Gasteiger partial charge in [-0.3, -0.25) is 9.69 Å². The zero-order chi connectivity index (χ0) is 21.2. The van der Waals surface area contributed by atoms with Gasteiger partial charge < -0.3 is 14.8 Å². The van der Waals surface area contributed by atoms with Crippen molar-refractivity contribution in [1.29, 1.82) is 0 Å². The average Bonchev–Trinajstić information content (AvgIpc) is 3.22. The van der Waals surface area contributed by atoms with Crippen LogP contribution in [0.3, 0.4) is 0 Å². The minimum absolute atomic E-state index is 0.0898. The molecule has 3 aromatic rings. The van der Waals surface area contributed by atoms with Crippen molar-refractivity contribution in [2.45, 2.75) is 19.4 Å². The summed E-state index contributed by atoms with van der Waals surface area (Å²) in [6.07, 6.45) is 1.76. The van der Waals surface area contributed by atoms with Gasteiger partial charge in [-0.25, -0.2) is 9.37 Å². The number of para-hydroxylation sites is 3. The molecule has 5 rings (SSSR count). The first-order chi connectivity index (χ1) is 15.2. The van der Waals surface area contributed by atoms with Crippen LogP contribution >= 0.6 is 0 Å². The van der Waals surface area contributed by atoms with E-state index in [1.165, 1.54) is 6.07 Å². The summed E-state index contributed by atoms with van der Waals surface area (Å²) in [5.74, 6) is 1.14. The summed E-state index contributed by atoms with van der Waals surface area (Å²) in [6, 6.07) is 14.9. The highest BCUT2D eigenvalue weighted by Gasteiger charge is 2.31. The lowest BCUT2D eigenvalue weighted by Crippen LogP contribution is -2.51. The normalized spacial score (nSPS) is 18.6. The van der Waals surface area contributed by atoms with Gasteiger partial charge in [-0.15, -0.1) is 0 Å². The Morgan fingerprint density at radius 1 is 0.968 bits per heavy atom. The smallest absolute Gasteiger partial charge is 0.225 e. The van der Waals surface area contributed by atoms with E-state index in [9.17, 15) is 9.18 Å². The number of nitrogens with zero attached hydrogens (tertiary/aromatic N) is 4. The molecule has 3 heterocycles. The fourth-order valence-corrected chi connectivity index (χ4v) is 4.76. The Morgan fingerprint density at radius 3 is 2.42 bits per heavy atom. The van der Waals surface area contributed by atoms with Crippen molar-refractivity contribution in [3.63, 3.8) is 0 Å². The maximum Gasteiger partial charge on any atom is 0.225 e. The van der Waals surface area contributed by atoms with E-state index in [2.05, 4.69) is 14.9 Å². The topological polar surface area (TPSA) is 55.5 Å². The number of hydrogen-bond donors (Lipinski definition) is 1. The van der Waals surface area contributed by atoms with E-state index in [1.54, 1.807) is 6.07 Å². The molecular weight excluding hydrogens is 393 g/mol. The van der Waals surface area contributed by atoms with Crippen LogP contribution in [0.4, 0.5) is 10.1 Å². The molecule has 2 aromatic carbocycles. The molecule has 0 atom stereocenters. The number of amides is 1. The van der Waals surface area contributed by atoms with Crippen molar-refractivity contribution in [3.8, 4) is 0 Å². The average molecular weight is 422 g/mol. The van der Waals surface area contributed by atoms with Gasteiger partial charge in [0.2, 0.25) is 5.91 Å². The Bertz CT molecular complexity index is 1020. The Kier molecular flexibility index (Phi) is 5.59. The van der Waals surface area contributed by atoms with E-state index < -0.39 is 0 Å². The lowest BCUT2D eigenvalue weighted by molar-refractivity contribution is -0.137. The predicted molar refractivity (Wildman–Crippen MR) is 119 cm³/mol. The molecule has 0 spiro atoms. The van der Waals surface area contributed by atoms with Crippen molar-refractivity contribution >= 4 is 22.6 Å². The van der Waals surface area contributed by atoms with Crippen LogP contribution in [0.25, 0.3) is 11.0 Å². The number of piperazine rings is 1. The molecule has 2 aliphatic heterocycles. The number of benzene rings is 2. The first-order valence-corrected chi connectivity index (χ1v) is 11.1. The number of fused-ring (bicyclic) bond motifs is 1. The third-order valence-electron chi connectivity index (χ3n) is 6.53. The van der Waals surface area contributed by atoms with E-state index in [1.807, 2.05) is 46.2 Å². The van der Waals surface area contributed by atoms with Crippen molar-refractivity contribution in [2.75, 3.05) is 44.2 Å². The van der Waals surface area contributed by atoms with Crippen LogP contribution < -0.4 is 4.90 Å². The zero-order valence-electron chi connectivity index (χ0n) is 17.6. The highest BCUT2D eigenvalue weighted by Crippen LogP contribution is 2.24. The maximum atomic E-state index is 14.0. The first-order valence-electron chi connectivity index (χ1n) is 11.1. The molecule has 0 radical (unpaired) electrons. The Hall–Kier alpha value is -2.93. The molecule has 7 heteroatoms. The van der Waals surface area contributed by atoms with Crippen LogP contribution in [0.2, 0.25) is 0 Å². The van der Waals surface area contributed by atoms with Crippen LogP contribution in [0.15, 0.2) is 48.5 Å². The van der Waals surface area contributed by atoms with Gasteiger partial charge in [-0.1, -0.05) is 24.3 Å². The number of aromatic nitrogens is 2. The number of anilines is 1. The van der Waals surface area contributed by atoms with Gasteiger partial charge in [0.25, 0.3) is 0 Å². The number of likely N-dealkylation sites (tertiary alicyclic amines) is 1. The van der Waals surface area contributed by atoms with Crippen molar-refractivity contribution in [2.24, 2.45) is 5.92 Å². The highest BCUT2D eigenvalue weighted by atomic mass is 19.1. The van der Waals surface area contributed by atoms with E-state index >= 15 is 0 Å². The third kappa shape index (κ3) is 4.28. The second-order valence-corrected chi connectivity index (χ2v) is 8.51. The summed E-state index contributed by atoms with van der Waals surface area (Å²) in [6.45, 7) is 5.27. The number of nitrogens with one attached hydrogen (secondary N) is 1. The largest absolute Gasteiger partial charge is 0.366 e. The molecule has 1 N–H and O–H groups in total. The summed E-state index contributed by atoms with van der Waals surface area (Å²) in [4.78, 5) is 27.5. The third-order valence-corrected chi connectivity index (χ3v) is 6.53. The number of carbonyl (C=O) groups is 1. The second-order valence-electron chi connectivity index (χ2n) is 8.51. The number of halogens is 1. The predicted octanol–water partition coefficient (Wildman–Crippen LogP) is 3.26. The minimum Gasteiger partial charge on any atom is -0.366 e. The number of H-pyrrole nitrogens is 1. The van der Waals surface area contributed by atoms with Crippen LogP contribution in [-0.2, 0) is 11.3 Å². The molecule has 6 nitrogen and oxygen atoms in total. The van der Waals surface area contributed by atoms with Gasteiger partial charge in [-0.2, -0.15) is 0 Å². The Labute approximate surface area is 181 Å². The van der Waals surface area contributed by atoms with Gasteiger partial charge in [-0.05, 0) is 50.2 Å². The number of rotatable bonds is 4. The van der Waals surface area contributed by atoms with Crippen LogP contribution in [0, 0.1) is 11.7 Å². The van der Waals surface area contributed by atoms with Crippen molar-refractivity contribution in [3.05, 3.63) is 60.2 Å². The fraction of sp³-hybridized carbons (Fsp3) is 0.417. The summed E-state index contributed by atoms with van der Waals surface area (Å²) in [5, 5.41) is 0. The van der Waals surface area contributed by atoms with E-state index in [0.29, 0.717) is 31.9 Å². The Balaban J connectivity index is 1.11. The Morgan fingerprint density at radius 2 is 1.68 bits per heavy atom. The van der Waals surface area contributed by atoms with Crippen molar-refractivity contribution < 1.29 is 9.18 Å². The molecule has 2 fully saturated rings. The summed E-state index contributed by atoms with van der Waals surface area (Å²) in [5.41, 5.74) is 2.70. The molecule has 0 bridgehead atoms. The van der Waals surface area contributed by atoms with Crippen molar-refractivity contribution in [1.82, 2.24) is 19.8 Å². The molecule has 2 aliphatic rings. The minimum atomic E-state index is -0.195. The van der Waals surface area contributed by atoms with Crippen LogP contribution in [0.5, 0.6) is 0 Å². The van der Waals surface area contributed by atoms with E-state index in [0.717, 1.165) is 49.3 Å². The standard InChI is InChI=1S/C24H28FN5O/c25-19-5-1-4-8-22(19)29-13-15-30(16-14-29)24(31)18-9-11-28(12-10-18)17-23-26-20-6-2-3-7-21(20)27-23/h1-8,18H,9-17H2,(H,26,27). The number of hydrogen-bond acceptors (Lipinski definition) is 4. The zero-order valence-corrected chi connectivity index (χ0v) is 17.6. The van der Waals surface area contributed by atoms with Gasteiger partial charge in [0.1, 0.15) is 11.6 Å². The number of imidazole rings is 1. The van der Waals surface area contributed by atoms with Gasteiger partial charge in [0.15, 0.2) is 0 Å². The molecule has 0 unspecified atom stereocenters. The SMILES string of the molecule is O=C(C1CCN(Cc2nc3ccccc3[nH]2)CC1)N1CCN(c2ccccc2F)CC1. The summed E-state index contributed by atoms with van der Waals surface area (Å²) >= 11 is 0. The van der Waals surface area contributed by atoms with E-state index in [-0.39, 0.29) is 17.6 Å². The number of aromatic amines is 1. The lowest BCUT2D eigenvalue weighted by Gasteiger charge is -2.39. The quantitative estimate of drug-likeness (QED) is 0.703. The number of carbonyl (C=O) groups excluding carboxylic acids is 1. The first kappa shape index (κ1) is 20.0. The summed E-state index contributed by atoms with van der Waals surface area (Å²) in [7, 11) is 0. The number of piperidine rings is 1. The van der Waals surface area contributed by atoms with Gasteiger partial charge in [0.05, 0.1) is 23.3 Å². The fourth-order valence-electron chi connectivity index (χ4n) is 4.76. The molecular formula is C24H28FN5O. The molecule has 2 saturated heterocycles. The van der Waals surface area contributed by atoms with Crippen LogP contribution in [-0.4, -0.2) is 64.9 Å². The van der Waals surface area contributed by atoms with Gasteiger partial charge >= 0.3 is 0 Å². The highest BCUT2D eigenvalue weighted by molar-refractivity contribution is 5.79. The molecule has 0 aliphatic carbocycles. The van der Waals surface area contributed by atoms with E-state index in [4.69, 9.17) is 0 Å². The lowest BCUT2D eigenvalue weighted by atomic mass is 9.95. The maximum absolute atomic E-state index is 14.0. The molecule has 0 saturated carbocycles. The molecule has 1 amide bonds. The monoisotopic (exact) mass is 421 g/mol. The molecule has 162 valence electrons. The second kappa shape index (κ2) is 8.67. The van der Waals surface area contributed by atoms with Gasteiger partial charge in [0, 0.05) is 32.1 Å².